The maximum atomic E-state index is 13.9. The highest BCUT2D eigenvalue weighted by molar-refractivity contribution is 6.09. The number of nitrogens with zero attached hydrogens (tertiary/aromatic N) is 2. The fourth-order valence-corrected chi connectivity index (χ4v) is 3.06. The standard InChI is InChI=1S/C18H23F2N3O3/c1-5-18(6-2)16(25)23(17(26)21-18)10-15(24)22(4)11(3)13-9-12(19)7-8-14(13)20/h7-9,11H,5-6,10H2,1-4H3,(H,21,26). The van der Waals surface area contributed by atoms with E-state index in [0.717, 1.165) is 23.1 Å². The zero-order valence-electron chi connectivity index (χ0n) is 15.3. The van der Waals surface area contributed by atoms with E-state index in [4.69, 9.17) is 0 Å². The maximum absolute atomic E-state index is 13.9. The van der Waals surface area contributed by atoms with E-state index in [1.807, 2.05) is 0 Å². The Morgan fingerprint density at radius 2 is 1.88 bits per heavy atom. The van der Waals surface area contributed by atoms with E-state index < -0.39 is 47.6 Å². The summed E-state index contributed by atoms with van der Waals surface area (Å²) in [6.45, 7) is 4.66. The van der Waals surface area contributed by atoms with E-state index in [9.17, 15) is 23.2 Å². The first-order valence-corrected chi connectivity index (χ1v) is 8.51. The molecule has 0 radical (unpaired) electrons. The van der Waals surface area contributed by atoms with E-state index in [1.54, 1.807) is 20.8 Å². The number of rotatable bonds is 6. The molecule has 1 N–H and O–H groups in total. The second kappa shape index (κ2) is 7.39. The van der Waals surface area contributed by atoms with Crippen LogP contribution in [0.1, 0.15) is 45.2 Å². The summed E-state index contributed by atoms with van der Waals surface area (Å²) in [5.74, 6) is -2.24. The lowest BCUT2D eigenvalue weighted by molar-refractivity contribution is -0.139. The molecule has 26 heavy (non-hydrogen) atoms. The van der Waals surface area contributed by atoms with E-state index in [0.29, 0.717) is 12.8 Å². The van der Waals surface area contributed by atoms with Crippen molar-refractivity contribution in [3.63, 3.8) is 0 Å². The third-order valence-corrected chi connectivity index (χ3v) is 5.13. The molecule has 2 rings (SSSR count). The van der Waals surface area contributed by atoms with Gasteiger partial charge in [0.2, 0.25) is 5.91 Å². The zero-order valence-corrected chi connectivity index (χ0v) is 15.3. The molecule has 1 aliphatic rings. The third-order valence-electron chi connectivity index (χ3n) is 5.13. The molecule has 1 heterocycles. The lowest BCUT2D eigenvalue weighted by atomic mass is 9.93. The molecule has 1 aliphatic heterocycles. The molecule has 142 valence electrons. The predicted octanol–water partition coefficient (Wildman–Crippen LogP) is 2.59. The Morgan fingerprint density at radius 1 is 1.27 bits per heavy atom. The van der Waals surface area contributed by atoms with Gasteiger partial charge in [-0.15, -0.1) is 0 Å². The second-order valence-electron chi connectivity index (χ2n) is 6.46. The molecule has 1 atom stereocenters. The van der Waals surface area contributed by atoms with Gasteiger partial charge in [-0.1, -0.05) is 13.8 Å². The minimum absolute atomic E-state index is 0.0227. The normalized spacial score (nSPS) is 17.2. The van der Waals surface area contributed by atoms with Gasteiger partial charge in [-0.3, -0.25) is 14.5 Å². The Labute approximate surface area is 151 Å². The van der Waals surface area contributed by atoms with Crippen molar-refractivity contribution in [2.24, 2.45) is 0 Å². The van der Waals surface area contributed by atoms with Crippen LogP contribution in [0.5, 0.6) is 0 Å². The highest BCUT2D eigenvalue weighted by Gasteiger charge is 2.49. The summed E-state index contributed by atoms with van der Waals surface area (Å²) in [6.07, 6.45) is 0.832. The summed E-state index contributed by atoms with van der Waals surface area (Å²) in [5.41, 5.74) is -0.967. The molecule has 0 spiro atoms. The summed E-state index contributed by atoms with van der Waals surface area (Å²) in [6, 6.07) is 1.63. The molecule has 0 aromatic heterocycles. The predicted molar refractivity (Wildman–Crippen MR) is 91.1 cm³/mol. The molecule has 0 bridgehead atoms. The number of nitrogens with one attached hydrogen (secondary N) is 1. The lowest BCUT2D eigenvalue weighted by Crippen LogP contribution is -2.47. The van der Waals surface area contributed by atoms with Gasteiger partial charge in [0.25, 0.3) is 5.91 Å². The van der Waals surface area contributed by atoms with Crippen LogP contribution in [0.3, 0.4) is 0 Å². The van der Waals surface area contributed by atoms with Crippen molar-refractivity contribution in [3.05, 3.63) is 35.4 Å². The van der Waals surface area contributed by atoms with E-state index in [1.165, 1.54) is 11.9 Å². The van der Waals surface area contributed by atoms with Gasteiger partial charge < -0.3 is 10.2 Å². The van der Waals surface area contributed by atoms with Crippen LogP contribution in [0, 0.1) is 11.6 Å². The SMILES string of the molecule is CCC1(CC)NC(=O)N(CC(=O)N(C)C(C)c2cc(F)ccc2F)C1=O. The van der Waals surface area contributed by atoms with Gasteiger partial charge in [-0.05, 0) is 38.0 Å². The molecule has 1 saturated heterocycles. The first kappa shape index (κ1) is 19.8. The van der Waals surface area contributed by atoms with E-state index in [-0.39, 0.29) is 5.56 Å². The Hall–Kier alpha value is -2.51. The topological polar surface area (TPSA) is 69.7 Å². The highest BCUT2D eigenvalue weighted by Crippen LogP contribution is 2.26. The third kappa shape index (κ3) is 3.40. The van der Waals surface area contributed by atoms with Gasteiger partial charge >= 0.3 is 6.03 Å². The first-order chi connectivity index (χ1) is 12.2. The van der Waals surface area contributed by atoms with Crippen molar-refractivity contribution in [1.29, 1.82) is 0 Å². The van der Waals surface area contributed by atoms with Crippen molar-refractivity contribution >= 4 is 17.8 Å². The molecule has 1 unspecified atom stereocenters. The van der Waals surface area contributed by atoms with Crippen molar-refractivity contribution in [2.75, 3.05) is 13.6 Å². The van der Waals surface area contributed by atoms with Crippen LogP contribution in [0.4, 0.5) is 13.6 Å². The number of urea groups is 1. The Bertz CT molecular complexity index is 734. The van der Waals surface area contributed by atoms with Crippen LogP contribution < -0.4 is 5.32 Å². The Kier molecular flexibility index (Phi) is 5.63. The number of hydrogen-bond donors (Lipinski definition) is 1. The number of imide groups is 1. The second-order valence-corrected chi connectivity index (χ2v) is 6.46. The smallest absolute Gasteiger partial charge is 0.325 e. The fourth-order valence-electron chi connectivity index (χ4n) is 3.06. The molecule has 1 fully saturated rings. The van der Waals surface area contributed by atoms with Gasteiger partial charge in [0.1, 0.15) is 23.7 Å². The van der Waals surface area contributed by atoms with Crippen LogP contribution >= 0.6 is 0 Å². The van der Waals surface area contributed by atoms with Gasteiger partial charge in [-0.25, -0.2) is 13.6 Å². The molecule has 1 aromatic carbocycles. The molecule has 0 saturated carbocycles. The van der Waals surface area contributed by atoms with Crippen LogP contribution in [0.25, 0.3) is 0 Å². The summed E-state index contributed by atoms with van der Waals surface area (Å²) < 4.78 is 27.3. The number of carbonyl (C=O) groups is 3. The van der Waals surface area contributed by atoms with Crippen molar-refractivity contribution < 1.29 is 23.2 Å². The summed E-state index contributed by atoms with van der Waals surface area (Å²) in [4.78, 5) is 39.3. The van der Waals surface area contributed by atoms with Crippen molar-refractivity contribution in [3.8, 4) is 0 Å². The fraction of sp³-hybridized carbons (Fsp3) is 0.500. The number of hydrogen-bond acceptors (Lipinski definition) is 3. The van der Waals surface area contributed by atoms with Crippen LogP contribution in [-0.2, 0) is 9.59 Å². The molecular formula is C18H23F2N3O3. The minimum Gasteiger partial charge on any atom is -0.337 e. The van der Waals surface area contributed by atoms with Crippen LogP contribution in [0.2, 0.25) is 0 Å². The summed E-state index contributed by atoms with van der Waals surface area (Å²) in [5, 5.41) is 2.65. The van der Waals surface area contributed by atoms with Crippen LogP contribution in [0.15, 0.2) is 18.2 Å². The number of halogens is 2. The van der Waals surface area contributed by atoms with Gasteiger partial charge in [0.05, 0.1) is 6.04 Å². The molecule has 8 heteroatoms. The van der Waals surface area contributed by atoms with Crippen LogP contribution in [-0.4, -0.2) is 46.8 Å². The number of likely N-dealkylation sites (N-methyl/N-ethyl adjacent to an activating group) is 1. The Balaban J connectivity index is 2.15. The van der Waals surface area contributed by atoms with E-state index >= 15 is 0 Å². The number of carbonyl (C=O) groups excluding carboxylic acids is 3. The summed E-state index contributed by atoms with van der Waals surface area (Å²) >= 11 is 0. The quantitative estimate of drug-likeness (QED) is 0.786. The molecule has 1 aromatic rings. The zero-order chi connectivity index (χ0) is 19.6. The molecule has 6 nitrogen and oxygen atoms in total. The van der Waals surface area contributed by atoms with Crippen molar-refractivity contribution in [1.82, 2.24) is 15.1 Å². The number of benzene rings is 1. The monoisotopic (exact) mass is 367 g/mol. The maximum Gasteiger partial charge on any atom is 0.325 e. The summed E-state index contributed by atoms with van der Waals surface area (Å²) in [7, 11) is 1.42. The first-order valence-electron chi connectivity index (χ1n) is 8.51. The number of amides is 4. The van der Waals surface area contributed by atoms with Gasteiger partial charge in [0, 0.05) is 12.6 Å². The van der Waals surface area contributed by atoms with Gasteiger partial charge in [0.15, 0.2) is 0 Å². The Morgan fingerprint density at radius 3 is 2.42 bits per heavy atom. The molecule has 0 aliphatic carbocycles. The van der Waals surface area contributed by atoms with E-state index in [2.05, 4.69) is 5.32 Å². The lowest BCUT2D eigenvalue weighted by Gasteiger charge is -2.27. The average Bonchev–Trinajstić information content (AvgIpc) is 2.87. The average molecular weight is 367 g/mol. The largest absolute Gasteiger partial charge is 0.337 e. The van der Waals surface area contributed by atoms with Crippen molar-refractivity contribution in [2.45, 2.75) is 45.2 Å². The highest BCUT2D eigenvalue weighted by atomic mass is 19.1. The molecule has 4 amide bonds. The minimum atomic E-state index is -0.990. The van der Waals surface area contributed by atoms with Gasteiger partial charge in [-0.2, -0.15) is 0 Å². The molecular weight excluding hydrogens is 344 g/mol.